The average molecular weight is 423 g/mol. The summed E-state index contributed by atoms with van der Waals surface area (Å²) in [6.07, 6.45) is 4.43. The van der Waals surface area contributed by atoms with E-state index in [-0.39, 0.29) is 6.09 Å². The van der Waals surface area contributed by atoms with Gasteiger partial charge in [-0.25, -0.2) is 4.79 Å². The van der Waals surface area contributed by atoms with Crippen LogP contribution in [0.1, 0.15) is 57.6 Å². The third kappa shape index (κ3) is 7.70. The smallest absolute Gasteiger partial charge is 0.410 e. The van der Waals surface area contributed by atoms with Crippen molar-refractivity contribution in [3.05, 3.63) is 71.8 Å². The van der Waals surface area contributed by atoms with E-state index < -0.39 is 5.60 Å². The molecule has 1 saturated carbocycles. The quantitative estimate of drug-likeness (QED) is 0.539. The van der Waals surface area contributed by atoms with Gasteiger partial charge >= 0.3 is 6.09 Å². The maximum Gasteiger partial charge on any atom is 0.410 e. The first-order valence-corrected chi connectivity index (χ1v) is 11.6. The van der Waals surface area contributed by atoms with Crippen molar-refractivity contribution < 1.29 is 9.53 Å². The molecule has 0 heterocycles. The van der Waals surface area contributed by atoms with E-state index in [1.165, 1.54) is 24.0 Å². The molecule has 0 unspecified atom stereocenters. The van der Waals surface area contributed by atoms with Crippen molar-refractivity contribution in [2.45, 2.75) is 71.2 Å². The Hall–Kier alpha value is -2.33. The fraction of sp³-hybridized carbons (Fsp3) is 0.519. The van der Waals surface area contributed by atoms with Gasteiger partial charge in [-0.05, 0) is 63.5 Å². The number of hydrogen-bond acceptors (Lipinski definition) is 3. The number of carbonyl (C=O) groups excluding carboxylic acids is 1. The molecule has 2 aromatic rings. The second-order valence-electron chi connectivity index (χ2n) is 9.91. The second-order valence-corrected chi connectivity index (χ2v) is 9.91. The molecular weight excluding hydrogens is 384 g/mol. The minimum Gasteiger partial charge on any atom is -0.444 e. The van der Waals surface area contributed by atoms with Crippen LogP contribution in [0, 0.1) is 5.92 Å². The molecule has 1 fully saturated rings. The summed E-state index contributed by atoms with van der Waals surface area (Å²) in [5.41, 5.74) is 2.29. The molecule has 4 nitrogen and oxygen atoms in total. The number of nitrogens with zero attached hydrogens (tertiary/aromatic N) is 2. The van der Waals surface area contributed by atoms with Crippen LogP contribution in [-0.2, 0) is 17.8 Å². The molecule has 3 rings (SSSR count). The molecule has 0 aromatic heterocycles. The van der Waals surface area contributed by atoms with Crippen molar-refractivity contribution in [3.63, 3.8) is 0 Å². The van der Waals surface area contributed by atoms with Crippen molar-refractivity contribution in [1.29, 1.82) is 0 Å². The lowest BCUT2D eigenvalue weighted by molar-refractivity contribution is 0.0246. The molecule has 0 aliphatic heterocycles. The summed E-state index contributed by atoms with van der Waals surface area (Å²) in [5, 5.41) is 0. The van der Waals surface area contributed by atoms with Crippen LogP contribution in [0.3, 0.4) is 0 Å². The molecule has 1 aliphatic rings. The lowest BCUT2D eigenvalue weighted by atomic mass is 9.84. The lowest BCUT2D eigenvalue weighted by Crippen LogP contribution is -2.41. The van der Waals surface area contributed by atoms with Gasteiger partial charge in [0.05, 0.1) is 0 Å². The molecule has 31 heavy (non-hydrogen) atoms. The number of carbonyl (C=O) groups is 1. The highest BCUT2D eigenvalue weighted by atomic mass is 16.6. The van der Waals surface area contributed by atoms with E-state index >= 15 is 0 Å². The van der Waals surface area contributed by atoms with Gasteiger partial charge in [-0.15, -0.1) is 0 Å². The zero-order valence-corrected chi connectivity index (χ0v) is 19.6. The minimum atomic E-state index is -0.446. The van der Waals surface area contributed by atoms with Crippen LogP contribution in [0.25, 0.3) is 0 Å². The summed E-state index contributed by atoms with van der Waals surface area (Å²) in [6.45, 7) is 8.47. The molecule has 0 saturated heterocycles. The first-order chi connectivity index (χ1) is 14.8. The van der Waals surface area contributed by atoms with Gasteiger partial charge < -0.3 is 9.64 Å². The Kier molecular flexibility index (Phi) is 8.14. The number of hydrogen-bond donors (Lipinski definition) is 0. The Morgan fingerprint density at radius 3 is 1.81 bits per heavy atom. The average Bonchev–Trinajstić information content (AvgIpc) is 2.74. The molecular formula is C27H38N2O2. The Labute approximate surface area is 188 Å². The summed E-state index contributed by atoms with van der Waals surface area (Å²) < 4.78 is 5.51. The zero-order chi connectivity index (χ0) is 22.3. The topological polar surface area (TPSA) is 32.8 Å². The first-order valence-electron chi connectivity index (χ1n) is 11.6. The standard InChI is InChI=1S/C27H38N2O2/c1-27(2,3)31-26(30)28(4)19-24-15-17-25(18-16-24)29(20-22-11-7-5-8-12-22)21-23-13-9-6-10-14-23/h5-14,24-25H,15-21H2,1-4H3. The van der Waals surface area contributed by atoms with Crippen LogP contribution in [0.15, 0.2) is 60.7 Å². The van der Waals surface area contributed by atoms with Gasteiger partial charge in [0.2, 0.25) is 0 Å². The van der Waals surface area contributed by atoms with Gasteiger partial charge in [-0.3, -0.25) is 4.90 Å². The fourth-order valence-corrected chi connectivity index (χ4v) is 4.44. The van der Waals surface area contributed by atoms with Gasteiger partial charge in [0.25, 0.3) is 0 Å². The molecule has 0 spiro atoms. The predicted octanol–water partition coefficient (Wildman–Crippen LogP) is 6.11. The van der Waals surface area contributed by atoms with Crippen LogP contribution < -0.4 is 0 Å². The van der Waals surface area contributed by atoms with E-state index in [2.05, 4.69) is 65.6 Å². The highest BCUT2D eigenvalue weighted by molar-refractivity contribution is 5.67. The number of rotatable bonds is 7. The Balaban J connectivity index is 1.57. The largest absolute Gasteiger partial charge is 0.444 e. The van der Waals surface area contributed by atoms with Crippen molar-refractivity contribution >= 4 is 6.09 Å². The Bertz CT molecular complexity index is 751. The fourth-order valence-electron chi connectivity index (χ4n) is 4.44. The van der Waals surface area contributed by atoms with Crippen LogP contribution in [0.5, 0.6) is 0 Å². The SMILES string of the molecule is CN(CC1CCC(N(Cc2ccccc2)Cc2ccccc2)CC1)C(=O)OC(C)(C)C. The van der Waals surface area contributed by atoms with E-state index in [0.29, 0.717) is 12.0 Å². The van der Waals surface area contributed by atoms with Gasteiger partial charge in [0.15, 0.2) is 0 Å². The summed E-state index contributed by atoms with van der Waals surface area (Å²) in [5.74, 6) is 0.545. The molecule has 0 atom stereocenters. The van der Waals surface area contributed by atoms with E-state index in [1.54, 1.807) is 4.90 Å². The highest BCUT2D eigenvalue weighted by Gasteiger charge is 2.28. The second kappa shape index (κ2) is 10.8. The van der Waals surface area contributed by atoms with Crippen molar-refractivity contribution in [2.75, 3.05) is 13.6 Å². The minimum absolute atomic E-state index is 0.218. The Morgan fingerprint density at radius 1 is 0.871 bits per heavy atom. The van der Waals surface area contributed by atoms with Gasteiger partial charge in [-0.1, -0.05) is 60.7 Å². The predicted molar refractivity (Wildman–Crippen MR) is 127 cm³/mol. The molecule has 0 radical (unpaired) electrons. The van der Waals surface area contributed by atoms with Crippen LogP contribution in [-0.4, -0.2) is 41.1 Å². The summed E-state index contributed by atoms with van der Waals surface area (Å²) in [6, 6.07) is 22.1. The molecule has 4 heteroatoms. The third-order valence-corrected chi connectivity index (χ3v) is 6.03. The highest BCUT2D eigenvalue weighted by Crippen LogP contribution is 2.30. The van der Waals surface area contributed by atoms with Crippen LogP contribution >= 0.6 is 0 Å². The van der Waals surface area contributed by atoms with E-state index in [4.69, 9.17) is 4.74 Å². The summed E-state index contributed by atoms with van der Waals surface area (Å²) >= 11 is 0. The molecule has 2 aromatic carbocycles. The molecule has 1 amide bonds. The summed E-state index contributed by atoms with van der Waals surface area (Å²) in [7, 11) is 1.86. The van der Waals surface area contributed by atoms with Crippen LogP contribution in [0.2, 0.25) is 0 Å². The normalized spacial score (nSPS) is 19.3. The molecule has 168 valence electrons. The van der Waals surface area contributed by atoms with Crippen molar-refractivity contribution in [2.24, 2.45) is 5.92 Å². The van der Waals surface area contributed by atoms with E-state index in [1.807, 2.05) is 27.8 Å². The lowest BCUT2D eigenvalue weighted by Gasteiger charge is -2.38. The summed E-state index contributed by atoms with van der Waals surface area (Å²) in [4.78, 5) is 16.7. The Morgan fingerprint density at radius 2 is 1.35 bits per heavy atom. The molecule has 1 aliphatic carbocycles. The van der Waals surface area contributed by atoms with E-state index in [9.17, 15) is 4.79 Å². The van der Waals surface area contributed by atoms with Gasteiger partial charge in [0, 0.05) is 32.7 Å². The van der Waals surface area contributed by atoms with E-state index in [0.717, 1.165) is 32.5 Å². The monoisotopic (exact) mass is 422 g/mol. The van der Waals surface area contributed by atoms with Crippen molar-refractivity contribution in [1.82, 2.24) is 9.80 Å². The number of ether oxygens (including phenoxy) is 1. The maximum absolute atomic E-state index is 12.3. The first kappa shape index (κ1) is 23.3. The molecule has 0 bridgehead atoms. The van der Waals surface area contributed by atoms with Crippen molar-refractivity contribution in [3.8, 4) is 0 Å². The third-order valence-electron chi connectivity index (χ3n) is 6.03. The van der Waals surface area contributed by atoms with Gasteiger partial charge in [0.1, 0.15) is 5.60 Å². The molecule has 0 N–H and O–H groups in total. The van der Waals surface area contributed by atoms with Crippen LogP contribution in [0.4, 0.5) is 4.79 Å². The maximum atomic E-state index is 12.3. The zero-order valence-electron chi connectivity index (χ0n) is 19.6. The number of benzene rings is 2. The van der Waals surface area contributed by atoms with Gasteiger partial charge in [-0.2, -0.15) is 0 Å². The number of amides is 1.